The van der Waals surface area contributed by atoms with Crippen LogP contribution in [0.15, 0.2) is 30.5 Å². The lowest BCUT2D eigenvalue weighted by Crippen LogP contribution is -2.61. The summed E-state index contributed by atoms with van der Waals surface area (Å²) in [5.41, 5.74) is -3.10. The number of pyridine rings is 1. The number of benzene rings is 1. The molecule has 5 atom stereocenters. The molecule has 0 spiro atoms. The lowest BCUT2D eigenvalue weighted by molar-refractivity contribution is -0.142. The Morgan fingerprint density at radius 3 is 2.42 bits per heavy atom. The second-order valence-corrected chi connectivity index (χ2v) is 17.1. The number of hydrogen-bond donors (Lipinski definition) is 3. The molecule has 5 amide bonds. The number of amides is 5. The van der Waals surface area contributed by atoms with Gasteiger partial charge in [0.15, 0.2) is 0 Å². The van der Waals surface area contributed by atoms with E-state index in [0.717, 1.165) is 18.2 Å². The summed E-state index contributed by atoms with van der Waals surface area (Å²) in [5, 5.41) is 7.31. The number of ether oxygens (including phenoxy) is 2. The van der Waals surface area contributed by atoms with E-state index in [1.54, 1.807) is 31.2 Å². The number of likely N-dealkylation sites (tertiary alicyclic amines) is 2. The average Bonchev–Trinajstić information content (AvgIpc) is 3.79. The van der Waals surface area contributed by atoms with Crippen molar-refractivity contribution < 1.29 is 41.3 Å². The van der Waals surface area contributed by atoms with Crippen molar-refractivity contribution in [2.75, 3.05) is 26.7 Å². The molecule has 3 N–H and O–H groups in total. The minimum absolute atomic E-state index is 0.00544. The second kappa shape index (κ2) is 14.0. The fourth-order valence-electron chi connectivity index (χ4n) is 7.19. The van der Waals surface area contributed by atoms with E-state index in [1.807, 2.05) is 50.6 Å². The first-order valence-corrected chi connectivity index (χ1v) is 19.4. The fourth-order valence-corrected chi connectivity index (χ4v) is 8.34. The molecule has 4 fully saturated rings. The molecule has 2 aromatic rings. The van der Waals surface area contributed by atoms with Gasteiger partial charge < -0.3 is 29.9 Å². The van der Waals surface area contributed by atoms with E-state index >= 15 is 0 Å². The smallest absolute Gasteiger partial charge is 0.362 e. The summed E-state index contributed by atoms with van der Waals surface area (Å²) in [6.07, 6.45) is 4.54. The zero-order valence-electron chi connectivity index (χ0n) is 30.7. The number of rotatable bonds is 12. The molecule has 0 unspecified atom stereocenters. The van der Waals surface area contributed by atoms with Gasteiger partial charge in [-0.1, -0.05) is 34.1 Å². The number of hydrogen-bond acceptors (Lipinski definition) is 10. The molecule has 4 aliphatic rings. The Morgan fingerprint density at radius 1 is 1.10 bits per heavy atom. The topological polar surface area (TPSA) is 186 Å². The van der Waals surface area contributed by atoms with E-state index in [1.165, 1.54) is 4.90 Å². The van der Waals surface area contributed by atoms with E-state index in [0.29, 0.717) is 49.4 Å². The summed E-state index contributed by atoms with van der Waals surface area (Å²) in [7, 11) is -2.86. The molecular weight excluding hydrogens is 692 g/mol. The third-order valence-electron chi connectivity index (χ3n) is 10.7. The molecule has 16 heteroatoms. The van der Waals surface area contributed by atoms with E-state index in [4.69, 9.17) is 13.7 Å². The van der Waals surface area contributed by atoms with Gasteiger partial charge >= 0.3 is 16.3 Å². The second-order valence-electron chi connectivity index (χ2n) is 15.8. The molecule has 15 nitrogen and oxygen atoms in total. The number of methoxy groups -OCH3 is 1. The van der Waals surface area contributed by atoms with E-state index in [2.05, 4.69) is 15.6 Å². The van der Waals surface area contributed by atoms with Crippen LogP contribution in [0.2, 0.25) is 0 Å². The summed E-state index contributed by atoms with van der Waals surface area (Å²) in [5.74, 6) is -1.36. The van der Waals surface area contributed by atoms with Crippen molar-refractivity contribution in [3.8, 4) is 11.6 Å². The van der Waals surface area contributed by atoms with Crippen LogP contribution in [0.25, 0.3) is 10.8 Å². The number of nitrogens with one attached hydrogen (secondary N) is 3. The molecule has 2 saturated carbocycles. The summed E-state index contributed by atoms with van der Waals surface area (Å²) < 4.78 is 44.5. The molecule has 0 bridgehead atoms. The highest BCUT2D eigenvalue weighted by Gasteiger charge is 2.62. The number of aromatic nitrogens is 1. The standard InChI is InChI=1S/C36H50N6O9S/c1-7-23-20-36(23,32(45)40-52(47,48)51-35(5)13-14-35)39-29(43)27-19-25(50-30-26-11-10-24(49-6)18-22(26)12-15-37-30)21-42(27)31(44)28(34(2,3)4)38-33(46)41-16-8-9-17-41/h10-12,15,18,23,25,27-28H,7-9,13-14,16-17,19-21H2,1-6H3,(H,38,46)(H,39,43)(H,40,45)/t23-,25-,27+,28-,36-/m1/s1. The van der Waals surface area contributed by atoms with Gasteiger partial charge in [-0.15, -0.1) is 0 Å². The Morgan fingerprint density at radius 2 is 1.81 bits per heavy atom. The Labute approximate surface area is 304 Å². The molecule has 2 aliphatic carbocycles. The van der Waals surface area contributed by atoms with Crippen LogP contribution in [-0.4, -0.2) is 103 Å². The third-order valence-corrected chi connectivity index (χ3v) is 11.7. The molecule has 52 heavy (non-hydrogen) atoms. The predicted octanol–water partition coefficient (Wildman–Crippen LogP) is 3.03. The first kappa shape index (κ1) is 37.6. The van der Waals surface area contributed by atoms with Crippen LogP contribution in [0.4, 0.5) is 4.79 Å². The number of nitrogens with zero attached hydrogens (tertiary/aromatic N) is 3. The Hall–Kier alpha value is -4.18. The van der Waals surface area contributed by atoms with E-state index in [-0.39, 0.29) is 31.3 Å². The molecule has 284 valence electrons. The molecule has 3 heterocycles. The van der Waals surface area contributed by atoms with Crippen LogP contribution in [0, 0.1) is 11.3 Å². The summed E-state index contributed by atoms with van der Waals surface area (Å²) in [4.78, 5) is 63.3. The van der Waals surface area contributed by atoms with Gasteiger partial charge in [0, 0.05) is 31.1 Å². The van der Waals surface area contributed by atoms with Gasteiger partial charge in [-0.2, -0.15) is 8.42 Å². The zero-order chi connectivity index (χ0) is 37.6. The van der Waals surface area contributed by atoms with Gasteiger partial charge in [-0.05, 0) is 80.0 Å². The molecular formula is C36H50N6O9S. The van der Waals surface area contributed by atoms with Gasteiger partial charge in [-0.3, -0.25) is 14.4 Å². The minimum Gasteiger partial charge on any atom is -0.497 e. The first-order valence-electron chi connectivity index (χ1n) is 18.0. The van der Waals surface area contributed by atoms with Crippen molar-refractivity contribution >= 4 is 44.8 Å². The molecule has 1 aromatic heterocycles. The third kappa shape index (κ3) is 7.92. The van der Waals surface area contributed by atoms with Crippen molar-refractivity contribution in [3.63, 3.8) is 0 Å². The monoisotopic (exact) mass is 742 g/mol. The van der Waals surface area contributed by atoms with Crippen LogP contribution >= 0.6 is 0 Å². The van der Waals surface area contributed by atoms with Crippen molar-refractivity contribution in [2.24, 2.45) is 11.3 Å². The zero-order valence-corrected chi connectivity index (χ0v) is 31.5. The van der Waals surface area contributed by atoms with E-state index in [9.17, 15) is 27.6 Å². The van der Waals surface area contributed by atoms with Gasteiger partial charge in [0.1, 0.15) is 29.5 Å². The molecule has 2 aliphatic heterocycles. The maximum absolute atomic E-state index is 14.6. The number of carbonyl (C=O) groups excluding carboxylic acids is 4. The quantitative estimate of drug-likeness (QED) is 0.292. The average molecular weight is 743 g/mol. The summed E-state index contributed by atoms with van der Waals surface area (Å²) >= 11 is 0. The van der Waals surface area contributed by atoms with Crippen LogP contribution in [0.3, 0.4) is 0 Å². The van der Waals surface area contributed by atoms with Crippen LogP contribution in [0.1, 0.15) is 79.6 Å². The lowest BCUT2D eigenvalue weighted by atomic mass is 9.85. The SMILES string of the molecule is CC[C@@H]1C[C@]1(NC(=O)[C@@H]1C[C@@H](Oc2nccc3cc(OC)ccc23)CN1C(=O)[C@@H](NC(=O)N1CCCC1)C(C)(C)C)C(=O)NS(=O)(=O)OC1(C)CC1. The van der Waals surface area contributed by atoms with Crippen molar-refractivity contribution in [2.45, 2.75) is 109 Å². The highest BCUT2D eigenvalue weighted by molar-refractivity contribution is 7.85. The fraction of sp³-hybridized carbons (Fsp3) is 0.639. The highest BCUT2D eigenvalue weighted by atomic mass is 32.2. The van der Waals surface area contributed by atoms with Crippen molar-refractivity contribution in [1.29, 1.82) is 0 Å². The number of fused-ring (bicyclic) bond motifs is 1. The molecule has 0 radical (unpaired) electrons. The normalized spacial score (nSPS) is 25.7. The van der Waals surface area contributed by atoms with Crippen LogP contribution in [0.5, 0.6) is 11.6 Å². The number of urea groups is 1. The lowest BCUT2D eigenvalue weighted by Gasteiger charge is -2.36. The molecule has 2 saturated heterocycles. The molecule has 1 aromatic carbocycles. The Kier molecular flexibility index (Phi) is 10.1. The predicted molar refractivity (Wildman–Crippen MR) is 190 cm³/mol. The maximum atomic E-state index is 14.6. The van der Waals surface area contributed by atoms with Crippen molar-refractivity contribution in [3.05, 3.63) is 30.5 Å². The summed E-state index contributed by atoms with van der Waals surface area (Å²) in [6.45, 7) is 10.2. The highest BCUT2D eigenvalue weighted by Crippen LogP contribution is 2.47. The first-order chi connectivity index (χ1) is 24.5. The van der Waals surface area contributed by atoms with Crippen LogP contribution < -0.4 is 24.8 Å². The Bertz CT molecular complexity index is 1840. The number of carbonyl (C=O) groups is 4. The van der Waals surface area contributed by atoms with Gasteiger partial charge in [0.2, 0.25) is 17.7 Å². The minimum atomic E-state index is -4.44. The largest absolute Gasteiger partial charge is 0.497 e. The Balaban J connectivity index is 1.27. The van der Waals surface area contributed by atoms with Gasteiger partial charge in [0.05, 0.1) is 19.3 Å². The van der Waals surface area contributed by atoms with Crippen LogP contribution in [-0.2, 0) is 28.9 Å². The van der Waals surface area contributed by atoms with Gasteiger partial charge in [-0.25, -0.2) is 18.7 Å². The van der Waals surface area contributed by atoms with E-state index < -0.39 is 62.8 Å². The van der Waals surface area contributed by atoms with Gasteiger partial charge in [0.25, 0.3) is 5.91 Å². The van der Waals surface area contributed by atoms with Crippen molar-refractivity contribution in [1.82, 2.24) is 30.1 Å². The maximum Gasteiger partial charge on any atom is 0.362 e. The molecule has 6 rings (SSSR count). The summed E-state index contributed by atoms with van der Waals surface area (Å²) in [6, 6.07) is 4.83.